The predicted molar refractivity (Wildman–Crippen MR) is 34.5 cm³/mol. The second kappa shape index (κ2) is 3.84. The van der Waals surface area contributed by atoms with E-state index in [1.165, 1.54) is 11.0 Å². The molecule has 6 heavy (non-hydrogen) atoms. The summed E-state index contributed by atoms with van der Waals surface area (Å²) in [6.45, 7) is 4.23. The van der Waals surface area contributed by atoms with E-state index in [-0.39, 0.29) is 0 Å². The van der Waals surface area contributed by atoms with E-state index in [9.17, 15) is 0 Å². The highest BCUT2D eigenvalue weighted by atomic mass is 33.1. The van der Waals surface area contributed by atoms with Crippen molar-refractivity contribution < 1.29 is 0 Å². The molecular weight excluding hydrogens is 114 g/mol. The maximum atomic E-state index is 5.11. The van der Waals surface area contributed by atoms with Gasteiger partial charge in [0.2, 0.25) is 0 Å². The summed E-state index contributed by atoms with van der Waals surface area (Å²) in [6, 6.07) is 0. The highest BCUT2D eigenvalue weighted by molar-refractivity contribution is 8.76. The van der Waals surface area contributed by atoms with Crippen LogP contribution in [0.15, 0.2) is 0 Å². The number of nitrogens with two attached hydrogens (primary N) is 1. The van der Waals surface area contributed by atoms with E-state index in [1.807, 2.05) is 0 Å². The van der Waals surface area contributed by atoms with Gasteiger partial charge in [-0.3, -0.25) is 5.14 Å². The lowest BCUT2D eigenvalue weighted by Crippen LogP contribution is -1.82. The molecule has 0 atom stereocenters. The molecule has 0 radical (unpaired) electrons. The molecular formula is C3H9NS2. The first-order valence-electron chi connectivity index (χ1n) is 1.79. The minimum atomic E-state index is 0.653. The van der Waals surface area contributed by atoms with Crippen LogP contribution >= 0.6 is 21.8 Å². The Morgan fingerprint density at radius 2 is 2.00 bits per heavy atom. The van der Waals surface area contributed by atoms with Crippen molar-refractivity contribution in [1.29, 1.82) is 0 Å². The summed E-state index contributed by atoms with van der Waals surface area (Å²) < 4.78 is 0. The van der Waals surface area contributed by atoms with E-state index in [2.05, 4.69) is 13.8 Å². The fourth-order valence-corrected chi connectivity index (χ4v) is 1.00. The second-order valence-electron chi connectivity index (χ2n) is 1.24. The van der Waals surface area contributed by atoms with E-state index in [1.54, 1.807) is 10.8 Å². The van der Waals surface area contributed by atoms with Gasteiger partial charge in [0.25, 0.3) is 0 Å². The zero-order chi connectivity index (χ0) is 4.99. The molecule has 0 aliphatic carbocycles. The van der Waals surface area contributed by atoms with Crippen molar-refractivity contribution in [3.05, 3.63) is 0 Å². The Morgan fingerprint density at radius 3 is 2.00 bits per heavy atom. The van der Waals surface area contributed by atoms with Crippen LogP contribution in [0, 0.1) is 0 Å². The third-order valence-electron chi connectivity index (χ3n) is 0.248. The zero-order valence-corrected chi connectivity index (χ0v) is 5.60. The van der Waals surface area contributed by atoms with Gasteiger partial charge in [-0.05, 0) is 11.0 Å². The molecule has 0 aliphatic rings. The van der Waals surface area contributed by atoms with Gasteiger partial charge < -0.3 is 0 Å². The van der Waals surface area contributed by atoms with Gasteiger partial charge in [0, 0.05) is 5.25 Å². The topological polar surface area (TPSA) is 26.0 Å². The van der Waals surface area contributed by atoms with Crippen molar-refractivity contribution in [3.8, 4) is 0 Å². The summed E-state index contributed by atoms with van der Waals surface area (Å²) in [5.74, 6) is 0. The van der Waals surface area contributed by atoms with Crippen molar-refractivity contribution in [2.24, 2.45) is 5.14 Å². The number of hydrogen-bond donors (Lipinski definition) is 1. The van der Waals surface area contributed by atoms with E-state index in [4.69, 9.17) is 5.14 Å². The molecule has 3 heteroatoms. The Kier molecular flexibility index (Phi) is 4.26. The van der Waals surface area contributed by atoms with Crippen LogP contribution in [0.5, 0.6) is 0 Å². The van der Waals surface area contributed by atoms with Gasteiger partial charge in [0.15, 0.2) is 0 Å². The normalized spacial score (nSPS) is 10.0. The summed E-state index contributed by atoms with van der Waals surface area (Å²) in [6.07, 6.45) is 0. The molecule has 0 spiro atoms. The van der Waals surface area contributed by atoms with Gasteiger partial charge in [-0.1, -0.05) is 24.6 Å². The summed E-state index contributed by atoms with van der Waals surface area (Å²) in [5, 5.41) is 5.76. The lowest BCUT2D eigenvalue weighted by Gasteiger charge is -1.94. The zero-order valence-electron chi connectivity index (χ0n) is 3.97. The Bertz CT molecular complexity index is 30.0. The number of rotatable bonds is 2. The maximum Gasteiger partial charge on any atom is 0.0107 e. The largest absolute Gasteiger partial charge is 0.268 e. The van der Waals surface area contributed by atoms with Crippen LogP contribution in [0.2, 0.25) is 0 Å². The van der Waals surface area contributed by atoms with E-state index in [0.717, 1.165) is 0 Å². The third-order valence-corrected chi connectivity index (χ3v) is 2.23. The van der Waals surface area contributed by atoms with Crippen molar-refractivity contribution in [2.75, 3.05) is 0 Å². The van der Waals surface area contributed by atoms with Gasteiger partial charge >= 0.3 is 0 Å². The van der Waals surface area contributed by atoms with Crippen molar-refractivity contribution in [2.45, 2.75) is 19.1 Å². The molecule has 0 fully saturated rings. The summed E-state index contributed by atoms with van der Waals surface area (Å²) in [7, 11) is 3.01. The van der Waals surface area contributed by atoms with Crippen LogP contribution in [0.1, 0.15) is 13.8 Å². The average Bonchev–Trinajstić information content (AvgIpc) is 1.35. The molecule has 0 rings (SSSR count). The fraction of sp³-hybridized carbons (Fsp3) is 1.00. The van der Waals surface area contributed by atoms with Crippen LogP contribution < -0.4 is 5.14 Å². The van der Waals surface area contributed by atoms with Crippen LogP contribution in [0.25, 0.3) is 0 Å². The predicted octanol–water partition coefficient (Wildman–Crippen LogP) is 1.65. The minimum absolute atomic E-state index is 0.653. The standard InChI is InChI=1S/C3H9NS2/c1-3(2)5-6-4/h3H,4H2,1-2H3. The van der Waals surface area contributed by atoms with Crippen LogP contribution in [0.4, 0.5) is 0 Å². The maximum absolute atomic E-state index is 5.11. The van der Waals surface area contributed by atoms with Gasteiger partial charge in [-0.2, -0.15) is 0 Å². The van der Waals surface area contributed by atoms with Crippen molar-refractivity contribution >= 4 is 21.8 Å². The molecule has 0 heterocycles. The van der Waals surface area contributed by atoms with Gasteiger partial charge in [0.1, 0.15) is 0 Å². The Balaban J connectivity index is 2.63. The molecule has 0 aromatic heterocycles. The quantitative estimate of drug-likeness (QED) is 0.446. The van der Waals surface area contributed by atoms with Crippen LogP contribution in [-0.2, 0) is 0 Å². The summed E-state index contributed by atoms with van der Waals surface area (Å²) in [4.78, 5) is 0. The van der Waals surface area contributed by atoms with Gasteiger partial charge in [-0.15, -0.1) is 0 Å². The average molecular weight is 123 g/mol. The minimum Gasteiger partial charge on any atom is -0.268 e. The lowest BCUT2D eigenvalue weighted by atomic mass is 10.6. The smallest absolute Gasteiger partial charge is 0.0107 e. The Morgan fingerprint density at radius 1 is 1.50 bits per heavy atom. The first-order chi connectivity index (χ1) is 2.77. The van der Waals surface area contributed by atoms with Crippen molar-refractivity contribution in [3.63, 3.8) is 0 Å². The Labute approximate surface area is 46.6 Å². The highest BCUT2D eigenvalue weighted by Gasteiger charge is 1.87. The van der Waals surface area contributed by atoms with E-state index < -0.39 is 0 Å². The second-order valence-corrected chi connectivity index (χ2v) is 3.72. The first kappa shape index (κ1) is 6.66. The van der Waals surface area contributed by atoms with Crippen LogP contribution in [-0.4, -0.2) is 5.25 Å². The molecule has 0 saturated carbocycles. The molecule has 2 N–H and O–H groups in total. The fourth-order valence-electron chi connectivity index (χ4n) is 0.111. The molecule has 0 unspecified atom stereocenters. The summed E-state index contributed by atoms with van der Waals surface area (Å²) in [5.41, 5.74) is 0. The molecule has 0 aromatic rings. The summed E-state index contributed by atoms with van der Waals surface area (Å²) >= 11 is 0. The molecule has 0 aromatic carbocycles. The molecule has 0 aliphatic heterocycles. The SMILES string of the molecule is CC(C)SSN. The molecule has 0 bridgehead atoms. The molecule has 1 nitrogen and oxygen atoms in total. The first-order valence-corrected chi connectivity index (χ1v) is 4.07. The molecule has 38 valence electrons. The van der Waals surface area contributed by atoms with E-state index >= 15 is 0 Å². The monoisotopic (exact) mass is 123 g/mol. The highest BCUT2D eigenvalue weighted by Crippen LogP contribution is 2.18. The van der Waals surface area contributed by atoms with Crippen LogP contribution in [0.3, 0.4) is 0 Å². The van der Waals surface area contributed by atoms with Gasteiger partial charge in [0.05, 0.1) is 0 Å². The van der Waals surface area contributed by atoms with E-state index in [0.29, 0.717) is 5.25 Å². The lowest BCUT2D eigenvalue weighted by molar-refractivity contribution is 1.12. The third kappa shape index (κ3) is 4.66. The Hall–Kier alpha value is 0.660. The molecule has 0 amide bonds. The van der Waals surface area contributed by atoms with Gasteiger partial charge in [-0.25, -0.2) is 0 Å². The van der Waals surface area contributed by atoms with Crippen molar-refractivity contribution in [1.82, 2.24) is 0 Å². The molecule has 0 saturated heterocycles. The number of hydrogen-bond acceptors (Lipinski definition) is 3.